The highest BCUT2D eigenvalue weighted by Crippen LogP contribution is 2.06. The van der Waals surface area contributed by atoms with E-state index in [9.17, 15) is 4.79 Å². The number of hydrazone groups is 1. The minimum Gasteiger partial charge on any atom is -0.271 e. The summed E-state index contributed by atoms with van der Waals surface area (Å²) in [5, 5.41) is 12.6. The molecule has 1 aromatic heterocycles. The second kappa shape index (κ2) is 6.83. The van der Waals surface area contributed by atoms with Crippen LogP contribution in [0.25, 0.3) is 11.0 Å². The zero-order chi connectivity index (χ0) is 16.1. The molecule has 0 spiro atoms. The molecule has 0 bridgehead atoms. The highest BCUT2D eigenvalue weighted by Gasteiger charge is 2.06. The molecular formula is C17H17N5O. The first-order valence-electron chi connectivity index (χ1n) is 7.36. The summed E-state index contributed by atoms with van der Waals surface area (Å²) in [6.45, 7) is 1.92. The largest absolute Gasteiger partial charge is 0.271 e. The third-order valence-corrected chi connectivity index (χ3v) is 3.29. The lowest BCUT2D eigenvalue weighted by atomic mass is 10.1. The monoisotopic (exact) mass is 307 g/mol. The lowest BCUT2D eigenvalue weighted by Gasteiger charge is -2.03. The molecule has 6 heteroatoms. The maximum atomic E-state index is 11.9. The quantitative estimate of drug-likeness (QED) is 0.580. The first kappa shape index (κ1) is 14.9. The van der Waals surface area contributed by atoms with Crippen LogP contribution in [0, 0.1) is 0 Å². The molecule has 1 N–H and O–H groups in total. The van der Waals surface area contributed by atoms with E-state index in [0.717, 1.165) is 22.3 Å². The fourth-order valence-corrected chi connectivity index (χ4v) is 2.23. The van der Waals surface area contributed by atoms with Crippen LogP contribution in [0.3, 0.4) is 0 Å². The Labute approximate surface area is 133 Å². The second-order valence-electron chi connectivity index (χ2n) is 5.26. The van der Waals surface area contributed by atoms with E-state index in [1.807, 2.05) is 61.5 Å². The van der Waals surface area contributed by atoms with Gasteiger partial charge in [0, 0.05) is 12.1 Å². The number of benzene rings is 2. The van der Waals surface area contributed by atoms with Crippen molar-refractivity contribution < 1.29 is 4.79 Å². The summed E-state index contributed by atoms with van der Waals surface area (Å²) in [5.74, 6) is -0.252. The number of fused-ring (bicyclic) bond motifs is 1. The Bertz CT molecular complexity index is 805. The molecule has 23 heavy (non-hydrogen) atoms. The molecule has 2 aromatic carbocycles. The number of hydrogen-bond donors (Lipinski definition) is 1. The fraction of sp³-hybridized carbons (Fsp3) is 0.176. The van der Waals surface area contributed by atoms with Crippen molar-refractivity contribution in [3.8, 4) is 0 Å². The van der Waals surface area contributed by atoms with E-state index in [1.54, 1.807) is 0 Å². The predicted octanol–water partition coefficient (Wildman–Crippen LogP) is 2.17. The van der Waals surface area contributed by atoms with E-state index in [0.29, 0.717) is 6.42 Å². The van der Waals surface area contributed by atoms with Crippen molar-refractivity contribution in [1.29, 1.82) is 0 Å². The van der Waals surface area contributed by atoms with Gasteiger partial charge < -0.3 is 0 Å². The molecule has 0 aliphatic rings. The normalized spacial score (nSPS) is 11.6. The van der Waals surface area contributed by atoms with Crippen molar-refractivity contribution in [2.24, 2.45) is 5.10 Å². The molecule has 3 rings (SSSR count). The van der Waals surface area contributed by atoms with Crippen LogP contribution in [0.5, 0.6) is 0 Å². The average Bonchev–Trinajstić information content (AvgIpc) is 2.96. The van der Waals surface area contributed by atoms with Crippen molar-refractivity contribution in [3.05, 3.63) is 60.2 Å². The summed E-state index contributed by atoms with van der Waals surface area (Å²) in [4.78, 5) is 13.3. The second-order valence-corrected chi connectivity index (χ2v) is 5.26. The highest BCUT2D eigenvalue weighted by molar-refractivity contribution is 5.86. The van der Waals surface area contributed by atoms with E-state index in [4.69, 9.17) is 0 Å². The molecule has 0 fully saturated rings. The van der Waals surface area contributed by atoms with Crippen LogP contribution in [0.15, 0.2) is 59.7 Å². The molecule has 0 unspecified atom stereocenters. The minimum atomic E-state index is -0.252. The van der Waals surface area contributed by atoms with Crippen molar-refractivity contribution in [2.45, 2.75) is 19.9 Å². The number of rotatable bonds is 5. The van der Waals surface area contributed by atoms with Crippen LogP contribution in [-0.2, 0) is 17.8 Å². The van der Waals surface area contributed by atoms with Crippen LogP contribution in [0.2, 0.25) is 0 Å². The molecule has 3 aromatic rings. The molecule has 0 saturated heterocycles. The van der Waals surface area contributed by atoms with Gasteiger partial charge in [0.15, 0.2) is 0 Å². The summed E-state index contributed by atoms with van der Waals surface area (Å²) in [6, 6.07) is 17.5. The highest BCUT2D eigenvalue weighted by atomic mass is 16.2. The molecule has 0 atom stereocenters. The number of nitrogens with one attached hydrogen (secondary N) is 1. The first-order valence-corrected chi connectivity index (χ1v) is 7.36. The van der Waals surface area contributed by atoms with Gasteiger partial charge in [0.25, 0.3) is 5.91 Å². The number of aromatic nitrogens is 3. The summed E-state index contributed by atoms with van der Waals surface area (Å²) in [5.41, 5.74) is 6.07. The molecule has 0 aliphatic heterocycles. The lowest BCUT2D eigenvalue weighted by Crippen LogP contribution is -2.25. The Morgan fingerprint density at radius 3 is 2.30 bits per heavy atom. The van der Waals surface area contributed by atoms with E-state index >= 15 is 0 Å². The van der Waals surface area contributed by atoms with Gasteiger partial charge in [0.2, 0.25) is 0 Å². The van der Waals surface area contributed by atoms with Gasteiger partial charge in [-0.2, -0.15) is 20.1 Å². The summed E-state index contributed by atoms with van der Waals surface area (Å²) in [6.07, 6.45) is 0.699. The third kappa shape index (κ3) is 4.00. The zero-order valence-electron chi connectivity index (χ0n) is 12.8. The zero-order valence-corrected chi connectivity index (χ0v) is 12.8. The van der Waals surface area contributed by atoms with Crippen molar-refractivity contribution in [2.75, 3.05) is 0 Å². The summed E-state index contributed by atoms with van der Waals surface area (Å²) in [7, 11) is 0. The Morgan fingerprint density at radius 1 is 1.04 bits per heavy atom. The Morgan fingerprint density at radius 2 is 1.65 bits per heavy atom. The average molecular weight is 307 g/mol. The van der Waals surface area contributed by atoms with E-state index in [1.165, 1.54) is 4.80 Å². The molecule has 116 valence electrons. The Balaban J connectivity index is 1.57. The van der Waals surface area contributed by atoms with Crippen LogP contribution in [-0.4, -0.2) is 26.6 Å². The molecule has 1 heterocycles. The smallest absolute Gasteiger partial charge is 0.263 e. The van der Waals surface area contributed by atoms with Crippen LogP contribution in [0.4, 0.5) is 0 Å². The topological polar surface area (TPSA) is 72.2 Å². The van der Waals surface area contributed by atoms with Crippen molar-refractivity contribution >= 4 is 22.7 Å². The molecule has 1 amide bonds. The van der Waals surface area contributed by atoms with Gasteiger partial charge in [-0.1, -0.05) is 42.5 Å². The van der Waals surface area contributed by atoms with Gasteiger partial charge in [0.1, 0.15) is 17.6 Å². The van der Waals surface area contributed by atoms with Crippen LogP contribution in [0.1, 0.15) is 12.5 Å². The Hall–Kier alpha value is -3.02. The van der Waals surface area contributed by atoms with Crippen LogP contribution >= 0.6 is 0 Å². The standard InChI is InChI=1S/C17H17N5O/c1-13(11-14-7-3-2-4-8-14)18-19-17(23)12-22-20-15-9-5-6-10-16(15)21-22/h2-10H,11-12H2,1H3,(H,19,23)/b18-13+. The number of carbonyl (C=O) groups excluding carboxylic acids is 1. The summed E-state index contributed by atoms with van der Waals surface area (Å²) >= 11 is 0. The van der Waals surface area contributed by atoms with Gasteiger partial charge in [-0.3, -0.25) is 4.79 Å². The predicted molar refractivity (Wildman–Crippen MR) is 88.9 cm³/mol. The molecule has 6 nitrogen and oxygen atoms in total. The molecular weight excluding hydrogens is 290 g/mol. The SMILES string of the molecule is C/C(Cc1ccccc1)=N\NC(=O)Cn1nc2ccccc2n1. The first-order chi connectivity index (χ1) is 11.2. The van der Waals surface area contributed by atoms with Gasteiger partial charge in [-0.15, -0.1) is 0 Å². The lowest BCUT2D eigenvalue weighted by molar-refractivity contribution is -0.122. The van der Waals surface area contributed by atoms with E-state index in [2.05, 4.69) is 20.7 Å². The van der Waals surface area contributed by atoms with E-state index < -0.39 is 0 Å². The minimum absolute atomic E-state index is 0.0385. The Kier molecular flexibility index (Phi) is 4.42. The van der Waals surface area contributed by atoms with Gasteiger partial charge >= 0.3 is 0 Å². The van der Waals surface area contributed by atoms with Crippen LogP contribution < -0.4 is 5.43 Å². The number of hydrogen-bond acceptors (Lipinski definition) is 4. The van der Waals surface area contributed by atoms with Crippen molar-refractivity contribution in [1.82, 2.24) is 20.4 Å². The molecule has 0 aliphatic carbocycles. The van der Waals surface area contributed by atoms with E-state index in [-0.39, 0.29) is 12.5 Å². The third-order valence-electron chi connectivity index (χ3n) is 3.29. The molecule has 0 radical (unpaired) electrons. The fourth-order valence-electron chi connectivity index (χ4n) is 2.23. The number of carbonyl (C=O) groups is 1. The van der Waals surface area contributed by atoms with Crippen molar-refractivity contribution in [3.63, 3.8) is 0 Å². The number of amides is 1. The van der Waals surface area contributed by atoms with Gasteiger partial charge in [0.05, 0.1) is 0 Å². The maximum absolute atomic E-state index is 11.9. The number of nitrogens with zero attached hydrogens (tertiary/aromatic N) is 4. The molecule has 0 saturated carbocycles. The maximum Gasteiger partial charge on any atom is 0.263 e. The summed E-state index contributed by atoms with van der Waals surface area (Å²) < 4.78 is 0. The van der Waals surface area contributed by atoms with Gasteiger partial charge in [-0.25, -0.2) is 5.43 Å². The van der Waals surface area contributed by atoms with Gasteiger partial charge in [-0.05, 0) is 24.6 Å².